The van der Waals surface area contributed by atoms with Crippen molar-refractivity contribution in [1.29, 1.82) is 0 Å². The number of hydrogen-bond acceptors (Lipinski definition) is 4. The Hall–Kier alpha value is -3.02. The Balaban J connectivity index is 1.89. The van der Waals surface area contributed by atoms with Crippen LogP contribution in [0.2, 0.25) is 0 Å². The molecule has 0 saturated carbocycles. The summed E-state index contributed by atoms with van der Waals surface area (Å²) < 4.78 is 10.8. The summed E-state index contributed by atoms with van der Waals surface area (Å²) >= 11 is 0. The topological polar surface area (TPSA) is 67.9 Å². The van der Waals surface area contributed by atoms with E-state index in [-0.39, 0.29) is 18.4 Å². The highest BCUT2D eigenvalue weighted by Gasteiger charge is 2.09. The number of aryl methyl sites for hydroxylation is 1. The number of methoxy groups -OCH3 is 1. The maximum atomic E-state index is 12.1. The summed E-state index contributed by atoms with van der Waals surface area (Å²) in [5.41, 5.74) is 2.59. The van der Waals surface area contributed by atoms with E-state index in [2.05, 4.69) is 5.32 Å². The van der Waals surface area contributed by atoms with E-state index in [4.69, 9.17) is 9.47 Å². The van der Waals surface area contributed by atoms with Crippen molar-refractivity contribution >= 4 is 17.5 Å². The van der Waals surface area contributed by atoms with E-state index in [0.29, 0.717) is 23.6 Å². The standard InChI is InChI=1S/C20H24N2O4/c1-14-5-10-17(18(11-14)25-4)26-13-19(23)21-16-8-6-15(7-9-16)12-20(24)22(2)3/h5-11H,12-13H2,1-4H3,(H,21,23). The fourth-order valence-electron chi connectivity index (χ4n) is 2.27. The molecule has 0 aromatic heterocycles. The second kappa shape index (κ2) is 8.89. The van der Waals surface area contributed by atoms with Crippen LogP contribution in [-0.4, -0.2) is 44.5 Å². The number of nitrogens with one attached hydrogen (secondary N) is 1. The average molecular weight is 356 g/mol. The SMILES string of the molecule is COc1cc(C)ccc1OCC(=O)Nc1ccc(CC(=O)N(C)C)cc1. The van der Waals surface area contributed by atoms with Crippen LogP contribution in [0.4, 0.5) is 5.69 Å². The van der Waals surface area contributed by atoms with Gasteiger partial charge in [0.05, 0.1) is 13.5 Å². The minimum atomic E-state index is -0.273. The van der Waals surface area contributed by atoms with Crippen LogP contribution in [0.25, 0.3) is 0 Å². The summed E-state index contributed by atoms with van der Waals surface area (Å²) in [7, 11) is 5.00. The van der Waals surface area contributed by atoms with Crippen molar-refractivity contribution in [2.24, 2.45) is 0 Å². The van der Waals surface area contributed by atoms with Crippen LogP contribution < -0.4 is 14.8 Å². The first-order valence-corrected chi connectivity index (χ1v) is 8.25. The summed E-state index contributed by atoms with van der Waals surface area (Å²) in [4.78, 5) is 25.3. The zero-order chi connectivity index (χ0) is 19.1. The zero-order valence-corrected chi connectivity index (χ0v) is 15.5. The van der Waals surface area contributed by atoms with Crippen molar-refractivity contribution in [2.75, 3.05) is 33.1 Å². The molecule has 0 bridgehead atoms. The van der Waals surface area contributed by atoms with E-state index in [9.17, 15) is 9.59 Å². The first kappa shape index (κ1) is 19.3. The van der Waals surface area contributed by atoms with Gasteiger partial charge in [-0.1, -0.05) is 18.2 Å². The van der Waals surface area contributed by atoms with Crippen LogP contribution in [0, 0.1) is 6.92 Å². The Morgan fingerprint density at radius 1 is 1.04 bits per heavy atom. The molecule has 0 aliphatic heterocycles. The van der Waals surface area contributed by atoms with Crippen LogP contribution >= 0.6 is 0 Å². The van der Waals surface area contributed by atoms with E-state index in [0.717, 1.165) is 11.1 Å². The summed E-state index contributed by atoms with van der Waals surface area (Å²) in [5.74, 6) is 0.866. The Kier molecular flexibility index (Phi) is 6.60. The fraction of sp³-hybridized carbons (Fsp3) is 0.300. The minimum absolute atomic E-state index is 0.0298. The van der Waals surface area contributed by atoms with Gasteiger partial charge in [-0.05, 0) is 42.3 Å². The molecule has 0 spiro atoms. The Morgan fingerprint density at radius 3 is 2.35 bits per heavy atom. The van der Waals surface area contributed by atoms with Crippen molar-refractivity contribution in [2.45, 2.75) is 13.3 Å². The summed E-state index contributed by atoms with van der Waals surface area (Å²) in [6, 6.07) is 12.7. The monoisotopic (exact) mass is 356 g/mol. The normalized spacial score (nSPS) is 10.2. The molecule has 0 atom stereocenters. The van der Waals surface area contributed by atoms with Crippen molar-refractivity contribution in [3.05, 3.63) is 53.6 Å². The molecule has 0 aliphatic rings. The molecular weight excluding hydrogens is 332 g/mol. The van der Waals surface area contributed by atoms with Gasteiger partial charge in [0.25, 0.3) is 5.91 Å². The van der Waals surface area contributed by atoms with Crippen molar-refractivity contribution in [3.8, 4) is 11.5 Å². The lowest BCUT2D eigenvalue weighted by Crippen LogP contribution is -2.23. The van der Waals surface area contributed by atoms with Crippen LogP contribution in [0.1, 0.15) is 11.1 Å². The maximum Gasteiger partial charge on any atom is 0.262 e. The Morgan fingerprint density at radius 2 is 1.73 bits per heavy atom. The van der Waals surface area contributed by atoms with Crippen LogP contribution in [0.3, 0.4) is 0 Å². The number of hydrogen-bond donors (Lipinski definition) is 1. The molecular formula is C20H24N2O4. The van der Waals surface area contributed by atoms with E-state index in [1.54, 1.807) is 44.3 Å². The lowest BCUT2D eigenvalue weighted by molar-refractivity contribution is -0.128. The van der Waals surface area contributed by atoms with Gasteiger partial charge in [-0.15, -0.1) is 0 Å². The van der Waals surface area contributed by atoms with E-state index >= 15 is 0 Å². The summed E-state index contributed by atoms with van der Waals surface area (Å²) in [5, 5.41) is 2.76. The molecule has 138 valence electrons. The van der Waals surface area contributed by atoms with Crippen LogP contribution in [0.5, 0.6) is 11.5 Å². The number of ether oxygens (including phenoxy) is 2. The van der Waals surface area contributed by atoms with Crippen molar-refractivity contribution in [3.63, 3.8) is 0 Å². The van der Waals surface area contributed by atoms with Gasteiger partial charge in [-0.2, -0.15) is 0 Å². The number of rotatable bonds is 7. The number of benzene rings is 2. The first-order chi connectivity index (χ1) is 12.4. The molecule has 6 nitrogen and oxygen atoms in total. The van der Waals surface area contributed by atoms with Crippen LogP contribution in [0.15, 0.2) is 42.5 Å². The van der Waals surface area contributed by atoms with Crippen molar-refractivity contribution in [1.82, 2.24) is 4.90 Å². The highest BCUT2D eigenvalue weighted by Crippen LogP contribution is 2.27. The number of amides is 2. The molecule has 0 aliphatic carbocycles. The lowest BCUT2D eigenvalue weighted by atomic mass is 10.1. The predicted molar refractivity (Wildman–Crippen MR) is 101 cm³/mol. The number of carbonyl (C=O) groups excluding carboxylic acids is 2. The summed E-state index contributed by atoms with van der Waals surface area (Å²) in [6.07, 6.45) is 0.331. The molecule has 0 radical (unpaired) electrons. The quantitative estimate of drug-likeness (QED) is 0.828. The minimum Gasteiger partial charge on any atom is -0.493 e. The fourth-order valence-corrected chi connectivity index (χ4v) is 2.27. The molecule has 2 aromatic rings. The average Bonchev–Trinajstić information content (AvgIpc) is 2.62. The third-order valence-electron chi connectivity index (χ3n) is 3.77. The molecule has 1 N–H and O–H groups in total. The molecule has 2 amide bonds. The van der Waals surface area contributed by atoms with Gasteiger partial charge in [0.15, 0.2) is 18.1 Å². The molecule has 0 heterocycles. The van der Waals surface area contributed by atoms with Gasteiger partial charge in [0.1, 0.15) is 0 Å². The number of carbonyl (C=O) groups is 2. The third kappa shape index (κ3) is 5.51. The van der Waals surface area contributed by atoms with Crippen molar-refractivity contribution < 1.29 is 19.1 Å². The second-order valence-corrected chi connectivity index (χ2v) is 6.15. The highest BCUT2D eigenvalue weighted by molar-refractivity contribution is 5.92. The molecule has 2 rings (SSSR count). The van der Waals surface area contributed by atoms with Gasteiger partial charge in [-0.3, -0.25) is 9.59 Å². The van der Waals surface area contributed by atoms with Gasteiger partial charge in [-0.25, -0.2) is 0 Å². The molecule has 26 heavy (non-hydrogen) atoms. The van der Waals surface area contributed by atoms with Gasteiger partial charge >= 0.3 is 0 Å². The van der Waals surface area contributed by atoms with E-state index < -0.39 is 0 Å². The maximum absolute atomic E-state index is 12.1. The first-order valence-electron chi connectivity index (χ1n) is 8.25. The Labute approximate surface area is 153 Å². The lowest BCUT2D eigenvalue weighted by Gasteiger charge is -2.12. The molecule has 0 unspecified atom stereocenters. The molecule has 0 saturated heterocycles. The number of likely N-dealkylation sites (N-methyl/N-ethyl adjacent to an activating group) is 1. The van der Waals surface area contributed by atoms with Crippen LogP contribution in [-0.2, 0) is 16.0 Å². The zero-order valence-electron chi connectivity index (χ0n) is 15.5. The largest absolute Gasteiger partial charge is 0.493 e. The predicted octanol–water partition coefficient (Wildman–Crippen LogP) is 2.65. The highest BCUT2D eigenvalue weighted by atomic mass is 16.5. The number of nitrogens with zero attached hydrogens (tertiary/aromatic N) is 1. The van der Waals surface area contributed by atoms with Gasteiger partial charge < -0.3 is 19.7 Å². The van der Waals surface area contributed by atoms with E-state index in [1.165, 1.54) is 0 Å². The van der Waals surface area contributed by atoms with Gasteiger partial charge in [0.2, 0.25) is 5.91 Å². The molecule has 0 fully saturated rings. The second-order valence-electron chi connectivity index (χ2n) is 6.15. The number of anilines is 1. The van der Waals surface area contributed by atoms with E-state index in [1.807, 2.05) is 31.2 Å². The Bertz CT molecular complexity index is 770. The van der Waals surface area contributed by atoms with Gasteiger partial charge in [0, 0.05) is 19.8 Å². The molecule has 2 aromatic carbocycles. The third-order valence-corrected chi connectivity index (χ3v) is 3.77. The smallest absolute Gasteiger partial charge is 0.262 e. The summed E-state index contributed by atoms with van der Waals surface area (Å²) in [6.45, 7) is 1.83. The molecule has 6 heteroatoms.